The Hall–Kier alpha value is -1.32. The molecule has 0 aliphatic rings. The van der Waals surface area contributed by atoms with Crippen molar-refractivity contribution in [2.75, 3.05) is 18.6 Å². The van der Waals surface area contributed by atoms with Gasteiger partial charge >= 0.3 is 0 Å². The van der Waals surface area contributed by atoms with Gasteiger partial charge in [0.15, 0.2) is 0 Å². The summed E-state index contributed by atoms with van der Waals surface area (Å²) in [6, 6.07) is 3.92. The monoisotopic (exact) mass is 255 g/mol. The molecular formula is C11H17N3O2S. The van der Waals surface area contributed by atoms with E-state index in [9.17, 15) is 8.42 Å². The molecule has 0 amide bonds. The summed E-state index contributed by atoms with van der Waals surface area (Å²) in [6.45, 7) is 1.31. The van der Waals surface area contributed by atoms with Crippen LogP contribution < -0.4 is 5.32 Å². The maximum absolute atomic E-state index is 10.9. The van der Waals surface area contributed by atoms with Crippen LogP contribution in [0.3, 0.4) is 0 Å². The molecule has 0 fully saturated rings. The van der Waals surface area contributed by atoms with Crippen molar-refractivity contribution in [1.82, 2.24) is 9.88 Å². The lowest BCUT2D eigenvalue weighted by molar-refractivity contribution is 0.594. The highest BCUT2D eigenvalue weighted by molar-refractivity contribution is 7.90. The van der Waals surface area contributed by atoms with Gasteiger partial charge in [0.25, 0.3) is 0 Å². The molecule has 1 N–H and O–H groups in total. The Balaban J connectivity index is 2.30. The van der Waals surface area contributed by atoms with Gasteiger partial charge in [-0.05, 0) is 24.6 Å². The third-order valence-corrected chi connectivity index (χ3v) is 3.40. The molecule has 0 saturated heterocycles. The van der Waals surface area contributed by atoms with Crippen LogP contribution in [0.5, 0.6) is 0 Å². The Bertz CT molecular complexity index is 511. The van der Waals surface area contributed by atoms with E-state index in [1.807, 2.05) is 19.3 Å². The molecule has 1 aromatic heterocycles. The minimum Gasteiger partial charge on any atom is -0.342 e. The van der Waals surface area contributed by atoms with E-state index in [2.05, 4.69) is 11.4 Å². The van der Waals surface area contributed by atoms with Crippen molar-refractivity contribution in [3.63, 3.8) is 0 Å². The van der Waals surface area contributed by atoms with Crippen molar-refractivity contribution in [3.8, 4) is 6.07 Å². The number of hydrogen-bond donors (Lipinski definition) is 1. The Morgan fingerprint density at radius 3 is 2.76 bits per heavy atom. The number of hydrogen-bond acceptors (Lipinski definition) is 4. The zero-order valence-corrected chi connectivity index (χ0v) is 10.9. The minimum absolute atomic E-state index is 0.207. The Morgan fingerprint density at radius 1 is 1.53 bits per heavy atom. The normalized spacial score (nSPS) is 11.4. The fraction of sp³-hybridized carbons (Fsp3) is 0.545. The van der Waals surface area contributed by atoms with E-state index in [1.54, 1.807) is 4.57 Å². The van der Waals surface area contributed by atoms with Crippen LogP contribution in [0.15, 0.2) is 12.3 Å². The number of aryl methyl sites for hydroxylation is 1. The number of nitrogens with zero attached hydrogens (tertiary/aromatic N) is 2. The van der Waals surface area contributed by atoms with Crippen LogP contribution in [0.4, 0.5) is 0 Å². The largest absolute Gasteiger partial charge is 0.342 e. The first-order chi connectivity index (χ1) is 7.92. The van der Waals surface area contributed by atoms with Crippen LogP contribution in [-0.4, -0.2) is 31.5 Å². The van der Waals surface area contributed by atoms with Gasteiger partial charge in [0, 0.05) is 26.0 Å². The van der Waals surface area contributed by atoms with E-state index in [0.29, 0.717) is 25.2 Å². The molecule has 0 bridgehead atoms. The predicted octanol–water partition coefficient (Wildman–Crippen LogP) is 0.421. The van der Waals surface area contributed by atoms with Gasteiger partial charge in [0.05, 0.1) is 5.75 Å². The fourth-order valence-electron chi connectivity index (χ4n) is 1.53. The van der Waals surface area contributed by atoms with Gasteiger partial charge in [-0.1, -0.05) is 0 Å². The maximum Gasteiger partial charge on any atom is 0.147 e. The Labute approximate surface area is 102 Å². The molecule has 6 heteroatoms. The van der Waals surface area contributed by atoms with Crippen molar-refractivity contribution in [2.45, 2.75) is 13.0 Å². The molecule has 17 heavy (non-hydrogen) atoms. The van der Waals surface area contributed by atoms with Crippen molar-refractivity contribution in [3.05, 3.63) is 23.5 Å². The summed E-state index contributed by atoms with van der Waals surface area (Å²) in [5.41, 5.74) is 1.65. The summed E-state index contributed by atoms with van der Waals surface area (Å²) < 4.78 is 23.5. The SMILES string of the molecule is Cn1cc(CNCCCS(C)(=O)=O)cc1C#N. The highest BCUT2D eigenvalue weighted by Gasteiger charge is 2.03. The summed E-state index contributed by atoms with van der Waals surface area (Å²) in [5, 5.41) is 11.9. The smallest absolute Gasteiger partial charge is 0.147 e. The van der Waals surface area contributed by atoms with E-state index in [4.69, 9.17) is 5.26 Å². The zero-order valence-electron chi connectivity index (χ0n) is 10.1. The Kier molecular flexibility index (Phi) is 4.73. The van der Waals surface area contributed by atoms with Gasteiger partial charge in [0.2, 0.25) is 0 Å². The molecule has 0 radical (unpaired) electrons. The summed E-state index contributed by atoms with van der Waals surface area (Å²) in [6.07, 6.45) is 3.74. The number of nitriles is 1. The second kappa shape index (κ2) is 5.84. The van der Waals surface area contributed by atoms with Crippen LogP contribution in [0.1, 0.15) is 17.7 Å². The van der Waals surface area contributed by atoms with Gasteiger partial charge in [-0.3, -0.25) is 0 Å². The molecule has 0 saturated carbocycles. The molecule has 94 valence electrons. The molecule has 1 rings (SSSR count). The van der Waals surface area contributed by atoms with Crippen LogP contribution >= 0.6 is 0 Å². The third-order valence-electron chi connectivity index (χ3n) is 2.37. The molecule has 0 aliphatic carbocycles. The van der Waals surface area contributed by atoms with E-state index in [0.717, 1.165) is 5.56 Å². The first-order valence-electron chi connectivity index (χ1n) is 5.36. The average Bonchev–Trinajstić information content (AvgIpc) is 2.57. The first kappa shape index (κ1) is 13.7. The molecule has 0 unspecified atom stereocenters. The van der Waals surface area contributed by atoms with Gasteiger partial charge in [-0.25, -0.2) is 8.42 Å². The van der Waals surface area contributed by atoms with Crippen LogP contribution in [0.25, 0.3) is 0 Å². The van der Waals surface area contributed by atoms with E-state index in [-0.39, 0.29) is 5.75 Å². The maximum atomic E-state index is 10.9. The molecule has 0 atom stereocenters. The zero-order chi connectivity index (χ0) is 12.9. The number of sulfone groups is 1. The first-order valence-corrected chi connectivity index (χ1v) is 7.42. The molecule has 0 aromatic carbocycles. The topological polar surface area (TPSA) is 74.9 Å². The van der Waals surface area contributed by atoms with Crippen molar-refractivity contribution < 1.29 is 8.42 Å². The van der Waals surface area contributed by atoms with E-state index >= 15 is 0 Å². The second-order valence-electron chi connectivity index (χ2n) is 4.12. The predicted molar refractivity (Wildman–Crippen MR) is 66.2 cm³/mol. The van der Waals surface area contributed by atoms with Crippen LogP contribution in [-0.2, 0) is 23.4 Å². The number of aromatic nitrogens is 1. The average molecular weight is 255 g/mol. The molecule has 1 aromatic rings. The van der Waals surface area contributed by atoms with Gasteiger partial charge in [-0.15, -0.1) is 0 Å². The summed E-state index contributed by atoms with van der Waals surface area (Å²) in [5.74, 6) is 0.207. The molecule has 1 heterocycles. The van der Waals surface area contributed by atoms with Crippen LogP contribution in [0.2, 0.25) is 0 Å². The van der Waals surface area contributed by atoms with Gasteiger partial charge < -0.3 is 9.88 Å². The lowest BCUT2D eigenvalue weighted by Crippen LogP contribution is -2.17. The van der Waals surface area contributed by atoms with E-state index in [1.165, 1.54) is 6.26 Å². The fourth-order valence-corrected chi connectivity index (χ4v) is 2.20. The highest BCUT2D eigenvalue weighted by Crippen LogP contribution is 2.05. The van der Waals surface area contributed by atoms with Crippen molar-refractivity contribution >= 4 is 9.84 Å². The summed E-state index contributed by atoms with van der Waals surface area (Å²) >= 11 is 0. The third kappa shape index (κ3) is 5.02. The van der Waals surface area contributed by atoms with Gasteiger partial charge in [0.1, 0.15) is 21.6 Å². The Morgan fingerprint density at radius 2 is 2.24 bits per heavy atom. The molecule has 0 aliphatic heterocycles. The standard InChI is InChI=1S/C11H17N3O2S/c1-14-9-10(6-11(14)7-12)8-13-4-3-5-17(2,15)16/h6,9,13H,3-5,8H2,1-2H3. The quantitative estimate of drug-likeness (QED) is 0.748. The highest BCUT2D eigenvalue weighted by atomic mass is 32.2. The molecular weight excluding hydrogens is 238 g/mol. The minimum atomic E-state index is -2.86. The number of rotatable bonds is 6. The molecule has 0 spiro atoms. The van der Waals surface area contributed by atoms with Crippen molar-refractivity contribution in [1.29, 1.82) is 5.26 Å². The second-order valence-corrected chi connectivity index (χ2v) is 6.38. The lowest BCUT2D eigenvalue weighted by atomic mass is 10.3. The van der Waals surface area contributed by atoms with E-state index < -0.39 is 9.84 Å². The van der Waals surface area contributed by atoms with Gasteiger partial charge in [-0.2, -0.15) is 5.26 Å². The number of nitrogens with one attached hydrogen (secondary N) is 1. The summed E-state index contributed by atoms with van der Waals surface area (Å²) in [7, 11) is -1.04. The molecule has 5 nitrogen and oxygen atoms in total. The lowest BCUT2D eigenvalue weighted by Gasteiger charge is -2.02. The van der Waals surface area contributed by atoms with Crippen molar-refractivity contribution in [2.24, 2.45) is 7.05 Å². The van der Waals surface area contributed by atoms with Crippen LogP contribution in [0, 0.1) is 11.3 Å². The summed E-state index contributed by atoms with van der Waals surface area (Å²) in [4.78, 5) is 0.